The first-order valence-electron chi connectivity index (χ1n) is 9.32. The van der Waals surface area contributed by atoms with Gasteiger partial charge in [-0.1, -0.05) is 0 Å². The van der Waals surface area contributed by atoms with E-state index in [1.54, 1.807) is 12.1 Å². The Balaban J connectivity index is 1.60. The van der Waals surface area contributed by atoms with Gasteiger partial charge in [0.1, 0.15) is 11.6 Å². The lowest BCUT2D eigenvalue weighted by Crippen LogP contribution is -2.56. The summed E-state index contributed by atoms with van der Waals surface area (Å²) in [6, 6.07) is 4.82. The standard InChI is InChI=1S/C18H20N6O7/c25-10-14(20-15(26)13-9-19-18(29)21-16(13)27)17(28)23-7-5-22(6-8-23)11-1-3-12(4-2-11)24(30)31/h1-4,9,14,25H,5-8,10H2,(H,20,26)(H2,19,21,27,29)/t14-/m0/s1. The molecular weight excluding hydrogens is 412 g/mol. The zero-order valence-electron chi connectivity index (χ0n) is 16.2. The normalized spacial score (nSPS) is 14.7. The summed E-state index contributed by atoms with van der Waals surface area (Å²) >= 11 is 0. The summed E-state index contributed by atoms with van der Waals surface area (Å²) in [4.78, 5) is 65.5. The van der Waals surface area contributed by atoms with Crippen LogP contribution >= 0.6 is 0 Å². The van der Waals surface area contributed by atoms with Crippen molar-refractivity contribution in [2.45, 2.75) is 6.04 Å². The molecule has 1 aromatic heterocycles. The van der Waals surface area contributed by atoms with E-state index in [1.165, 1.54) is 17.0 Å². The first kappa shape index (κ1) is 21.7. The Morgan fingerprint density at radius 2 is 1.81 bits per heavy atom. The molecule has 2 amide bonds. The number of nitrogens with one attached hydrogen (secondary N) is 3. The lowest BCUT2D eigenvalue weighted by atomic mass is 10.2. The molecule has 0 bridgehead atoms. The van der Waals surface area contributed by atoms with E-state index in [1.807, 2.05) is 9.88 Å². The quantitative estimate of drug-likeness (QED) is 0.311. The molecule has 31 heavy (non-hydrogen) atoms. The fourth-order valence-corrected chi connectivity index (χ4v) is 3.19. The van der Waals surface area contributed by atoms with Crippen molar-refractivity contribution in [3.63, 3.8) is 0 Å². The van der Waals surface area contributed by atoms with Crippen molar-refractivity contribution in [3.05, 3.63) is 67.0 Å². The number of anilines is 1. The Morgan fingerprint density at radius 3 is 2.35 bits per heavy atom. The fraction of sp³-hybridized carbons (Fsp3) is 0.333. The molecule has 164 valence electrons. The molecule has 0 saturated carbocycles. The molecule has 1 atom stereocenters. The van der Waals surface area contributed by atoms with Crippen LogP contribution in [0.15, 0.2) is 40.1 Å². The van der Waals surface area contributed by atoms with Crippen LogP contribution in [0.2, 0.25) is 0 Å². The summed E-state index contributed by atoms with van der Waals surface area (Å²) in [5, 5.41) is 22.6. The largest absolute Gasteiger partial charge is 0.394 e. The molecule has 0 radical (unpaired) electrons. The minimum Gasteiger partial charge on any atom is -0.394 e. The Morgan fingerprint density at radius 1 is 1.16 bits per heavy atom. The molecular formula is C18H20N6O7. The second-order valence-corrected chi connectivity index (χ2v) is 6.78. The Hall–Kier alpha value is -4.00. The SMILES string of the molecule is O=C(N[C@@H](CO)C(=O)N1CCN(c2ccc([N+](=O)[O-])cc2)CC1)c1c[nH]c(=O)[nH]c1=O. The molecule has 1 aromatic carbocycles. The molecule has 2 aromatic rings. The maximum absolute atomic E-state index is 12.7. The molecule has 0 spiro atoms. The number of aromatic nitrogens is 2. The molecule has 13 nitrogen and oxygen atoms in total. The van der Waals surface area contributed by atoms with Gasteiger partial charge < -0.3 is 25.2 Å². The maximum Gasteiger partial charge on any atom is 0.325 e. The number of aliphatic hydroxyl groups excluding tert-OH is 1. The van der Waals surface area contributed by atoms with Gasteiger partial charge in [-0.3, -0.25) is 29.5 Å². The molecule has 1 saturated heterocycles. The Kier molecular flexibility index (Phi) is 6.45. The zero-order valence-corrected chi connectivity index (χ0v) is 16.2. The first-order chi connectivity index (χ1) is 14.8. The van der Waals surface area contributed by atoms with Gasteiger partial charge in [0.25, 0.3) is 17.2 Å². The van der Waals surface area contributed by atoms with Crippen LogP contribution in [0, 0.1) is 10.1 Å². The van der Waals surface area contributed by atoms with Crippen molar-refractivity contribution < 1.29 is 19.6 Å². The van der Waals surface area contributed by atoms with Gasteiger partial charge in [-0.05, 0) is 12.1 Å². The van der Waals surface area contributed by atoms with Crippen LogP contribution in [0.25, 0.3) is 0 Å². The molecule has 1 aliphatic heterocycles. The van der Waals surface area contributed by atoms with Crippen LogP contribution in [0.1, 0.15) is 10.4 Å². The molecule has 13 heteroatoms. The van der Waals surface area contributed by atoms with Gasteiger partial charge in [0.2, 0.25) is 5.91 Å². The number of non-ortho nitro benzene ring substituents is 1. The summed E-state index contributed by atoms with van der Waals surface area (Å²) in [5.41, 5.74) is -1.32. The Labute approximate surface area is 174 Å². The smallest absolute Gasteiger partial charge is 0.325 e. The van der Waals surface area contributed by atoms with Gasteiger partial charge in [0, 0.05) is 50.2 Å². The predicted octanol–water partition coefficient (Wildman–Crippen LogP) is -1.59. The second kappa shape index (κ2) is 9.21. The van der Waals surface area contributed by atoms with Crippen molar-refractivity contribution in [2.24, 2.45) is 0 Å². The van der Waals surface area contributed by atoms with E-state index in [0.717, 1.165) is 11.9 Å². The van der Waals surface area contributed by atoms with Gasteiger partial charge in [0.15, 0.2) is 0 Å². The van der Waals surface area contributed by atoms with E-state index in [9.17, 15) is 34.4 Å². The van der Waals surface area contributed by atoms with E-state index >= 15 is 0 Å². The van der Waals surface area contributed by atoms with E-state index < -0.39 is 46.2 Å². The molecule has 4 N–H and O–H groups in total. The van der Waals surface area contributed by atoms with Crippen molar-refractivity contribution >= 4 is 23.2 Å². The predicted molar refractivity (Wildman–Crippen MR) is 108 cm³/mol. The average molecular weight is 432 g/mol. The number of rotatable bonds is 6. The van der Waals surface area contributed by atoms with E-state index in [4.69, 9.17) is 0 Å². The molecule has 0 unspecified atom stereocenters. The number of nitrogens with zero attached hydrogens (tertiary/aromatic N) is 3. The maximum atomic E-state index is 12.7. The van der Waals surface area contributed by atoms with Crippen LogP contribution in [-0.2, 0) is 4.79 Å². The van der Waals surface area contributed by atoms with Gasteiger partial charge in [0.05, 0.1) is 11.5 Å². The number of hydrogen-bond acceptors (Lipinski definition) is 8. The molecule has 2 heterocycles. The lowest BCUT2D eigenvalue weighted by Gasteiger charge is -2.37. The third-order valence-electron chi connectivity index (χ3n) is 4.87. The average Bonchev–Trinajstić information content (AvgIpc) is 2.77. The highest BCUT2D eigenvalue weighted by Crippen LogP contribution is 2.20. The van der Waals surface area contributed by atoms with Gasteiger partial charge in [-0.15, -0.1) is 0 Å². The Bertz CT molecular complexity index is 1090. The summed E-state index contributed by atoms with van der Waals surface area (Å²) in [6.45, 7) is 0.849. The molecule has 1 fully saturated rings. The fourth-order valence-electron chi connectivity index (χ4n) is 3.19. The highest BCUT2D eigenvalue weighted by molar-refractivity contribution is 5.97. The number of aromatic amines is 2. The van der Waals surface area contributed by atoms with Crippen LogP contribution in [0.3, 0.4) is 0 Å². The molecule has 3 rings (SSSR count). The summed E-state index contributed by atoms with van der Waals surface area (Å²) < 4.78 is 0. The van der Waals surface area contributed by atoms with Crippen LogP contribution in [0.4, 0.5) is 11.4 Å². The highest BCUT2D eigenvalue weighted by atomic mass is 16.6. The van der Waals surface area contributed by atoms with Crippen LogP contribution < -0.4 is 21.5 Å². The van der Waals surface area contributed by atoms with Crippen molar-refractivity contribution in [1.82, 2.24) is 20.2 Å². The van der Waals surface area contributed by atoms with E-state index in [2.05, 4.69) is 10.3 Å². The number of hydrogen-bond donors (Lipinski definition) is 4. The third kappa shape index (κ3) is 4.95. The van der Waals surface area contributed by atoms with E-state index in [0.29, 0.717) is 26.2 Å². The number of H-pyrrole nitrogens is 2. The number of carbonyl (C=O) groups excluding carboxylic acids is 2. The van der Waals surface area contributed by atoms with Crippen LogP contribution in [0.5, 0.6) is 0 Å². The third-order valence-corrected chi connectivity index (χ3v) is 4.87. The number of nitro groups is 1. The van der Waals surface area contributed by atoms with Gasteiger partial charge in [-0.25, -0.2) is 4.79 Å². The highest BCUT2D eigenvalue weighted by Gasteiger charge is 2.29. The van der Waals surface area contributed by atoms with Crippen molar-refractivity contribution in [2.75, 3.05) is 37.7 Å². The van der Waals surface area contributed by atoms with Crippen molar-refractivity contribution in [3.8, 4) is 0 Å². The topological polar surface area (TPSA) is 182 Å². The van der Waals surface area contributed by atoms with E-state index in [-0.39, 0.29) is 5.69 Å². The number of amides is 2. The second-order valence-electron chi connectivity index (χ2n) is 6.78. The molecule has 0 aliphatic carbocycles. The number of piperazine rings is 1. The number of carbonyl (C=O) groups is 2. The monoisotopic (exact) mass is 432 g/mol. The lowest BCUT2D eigenvalue weighted by molar-refractivity contribution is -0.384. The molecule has 1 aliphatic rings. The summed E-state index contributed by atoms with van der Waals surface area (Å²) in [5.74, 6) is -1.42. The number of benzene rings is 1. The zero-order chi connectivity index (χ0) is 22.5. The first-order valence-corrected chi connectivity index (χ1v) is 9.32. The van der Waals surface area contributed by atoms with Crippen molar-refractivity contribution in [1.29, 1.82) is 0 Å². The summed E-state index contributed by atoms with van der Waals surface area (Å²) in [7, 11) is 0. The minimum atomic E-state index is -1.26. The van der Waals surface area contributed by atoms with Crippen LogP contribution in [-0.4, -0.2) is 75.5 Å². The summed E-state index contributed by atoms with van der Waals surface area (Å²) in [6.07, 6.45) is 0.929. The minimum absolute atomic E-state index is 0.0135. The van der Waals surface area contributed by atoms with Gasteiger partial charge >= 0.3 is 5.69 Å². The number of aliphatic hydroxyl groups is 1. The number of nitro benzene ring substituents is 1. The van der Waals surface area contributed by atoms with Gasteiger partial charge in [-0.2, -0.15) is 0 Å².